The lowest BCUT2D eigenvalue weighted by molar-refractivity contribution is 0.262. The number of nitrogens with zero attached hydrogens (tertiary/aromatic N) is 5. The highest BCUT2D eigenvalue weighted by Crippen LogP contribution is 2.33. The molecule has 156 valence electrons. The van der Waals surface area contributed by atoms with E-state index in [0.29, 0.717) is 11.4 Å². The molecule has 2 N–H and O–H groups in total. The summed E-state index contributed by atoms with van der Waals surface area (Å²) in [7, 11) is 2.97. The van der Waals surface area contributed by atoms with Crippen molar-refractivity contribution in [2.24, 2.45) is 0 Å². The Morgan fingerprint density at radius 2 is 1.83 bits per heavy atom. The highest BCUT2D eigenvalue weighted by atomic mass is 35.5. The number of hydrogen-bond acceptors (Lipinski definition) is 7. The van der Waals surface area contributed by atoms with E-state index in [2.05, 4.69) is 30.8 Å². The summed E-state index contributed by atoms with van der Waals surface area (Å²) in [5, 5.41) is 13.7. The van der Waals surface area contributed by atoms with E-state index in [1.54, 1.807) is 19.5 Å². The molecule has 3 aromatic rings. The number of amides is 2. The van der Waals surface area contributed by atoms with Crippen LogP contribution in [0.1, 0.15) is 19.4 Å². The van der Waals surface area contributed by atoms with Gasteiger partial charge in [0.25, 0.3) is 0 Å². The second-order valence-corrected chi connectivity index (χ2v) is 6.39. The zero-order valence-corrected chi connectivity index (χ0v) is 17.6. The minimum atomic E-state index is -0.531. The van der Waals surface area contributed by atoms with Crippen molar-refractivity contribution in [1.82, 2.24) is 25.0 Å². The molecule has 3 rings (SSSR count). The zero-order chi connectivity index (χ0) is 21.7. The molecule has 11 heteroatoms. The molecule has 3 heterocycles. The lowest BCUT2D eigenvalue weighted by atomic mass is 10.1. The number of methoxy groups -OCH3 is 2. The molecule has 30 heavy (non-hydrogen) atoms. The number of carbonyl (C=O) groups is 1. The fourth-order valence-corrected chi connectivity index (χ4v) is 2.92. The average molecular weight is 430 g/mol. The Morgan fingerprint density at radius 3 is 2.47 bits per heavy atom. The molecule has 10 nitrogen and oxygen atoms in total. The summed E-state index contributed by atoms with van der Waals surface area (Å²) in [4.78, 5) is 22.3. The van der Waals surface area contributed by atoms with Crippen LogP contribution < -0.4 is 20.1 Å². The molecule has 0 saturated carbocycles. The van der Waals surface area contributed by atoms with Gasteiger partial charge in [0.1, 0.15) is 11.4 Å². The molecule has 0 saturated heterocycles. The third-order valence-electron chi connectivity index (χ3n) is 4.18. The van der Waals surface area contributed by atoms with Gasteiger partial charge in [-0.1, -0.05) is 17.7 Å². The number of allylic oxidation sites excluding steroid dienone is 2. The van der Waals surface area contributed by atoms with Crippen LogP contribution in [0.4, 0.5) is 16.2 Å². The third-order valence-corrected chi connectivity index (χ3v) is 4.46. The molecule has 0 aliphatic heterocycles. The quantitative estimate of drug-likeness (QED) is 0.612. The van der Waals surface area contributed by atoms with E-state index in [1.165, 1.54) is 30.4 Å². The number of hydrogen-bond donors (Lipinski definition) is 2. The third kappa shape index (κ3) is 4.33. The summed E-state index contributed by atoms with van der Waals surface area (Å²) in [5.41, 5.74) is 2.41. The van der Waals surface area contributed by atoms with Crippen molar-refractivity contribution in [3.05, 3.63) is 47.5 Å². The standard InChI is InChI=1S/C19H20ClN7O3/c1-5-11(2)16-14(9-21-10-15(16)29-3)25-19(28)24-13-8-12(20)17(26-18(13)30-4)27-22-6-7-23-27/h5-10H,1-4H3,(H2,24,25,28)/b11-5-. The molecule has 3 aromatic heterocycles. The van der Waals surface area contributed by atoms with Crippen LogP contribution in [0.5, 0.6) is 11.6 Å². The summed E-state index contributed by atoms with van der Waals surface area (Å²) in [5.74, 6) is 0.963. The fraction of sp³-hybridized carbons (Fsp3) is 0.211. The topological polar surface area (TPSA) is 116 Å². The van der Waals surface area contributed by atoms with Gasteiger partial charge in [0.15, 0.2) is 5.82 Å². The van der Waals surface area contributed by atoms with Gasteiger partial charge in [-0.3, -0.25) is 4.98 Å². The zero-order valence-electron chi connectivity index (χ0n) is 16.8. The normalized spacial score (nSPS) is 11.2. The maximum Gasteiger partial charge on any atom is 0.323 e. The van der Waals surface area contributed by atoms with Gasteiger partial charge in [-0.15, -0.1) is 4.80 Å². The van der Waals surface area contributed by atoms with Crippen LogP contribution in [0.25, 0.3) is 11.4 Å². The van der Waals surface area contributed by atoms with E-state index < -0.39 is 6.03 Å². The summed E-state index contributed by atoms with van der Waals surface area (Å²) in [6, 6.07) is 0.976. The Kier molecular flexibility index (Phi) is 6.48. The summed E-state index contributed by atoms with van der Waals surface area (Å²) < 4.78 is 10.7. The van der Waals surface area contributed by atoms with Gasteiger partial charge < -0.3 is 20.1 Å². The molecule has 0 atom stereocenters. The van der Waals surface area contributed by atoms with Crippen LogP contribution in [0.2, 0.25) is 5.02 Å². The lowest BCUT2D eigenvalue weighted by Crippen LogP contribution is -2.21. The molecule has 0 aliphatic carbocycles. The highest BCUT2D eigenvalue weighted by molar-refractivity contribution is 6.32. The first-order chi connectivity index (χ1) is 14.5. The molecule has 0 unspecified atom stereocenters. The van der Waals surface area contributed by atoms with Gasteiger partial charge >= 0.3 is 6.03 Å². The van der Waals surface area contributed by atoms with Gasteiger partial charge in [0.2, 0.25) is 5.88 Å². The van der Waals surface area contributed by atoms with E-state index in [1.807, 2.05) is 19.9 Å². The van der Waals surface area contributed by atoms with E-state index in [4.69, 9.17) is 21.1 Å². The largest absolute Gasteiger partial charge is 0.494 e. The summed E-state index contributed by atoms with van der Waals surface area (Å²) in [6.45, 7) is 3.81. The van der Waals surface area contributed by atoms with Crippen LogP contribution in [-0.2, 0) is 0 Å². The molecular weight excluding hydrogens is 410 g/mol. The van der Waals surface area contributed by atoms with Crippen LogP contribution in [0.3, 0.4) is 0 Å². The number of urea groups is 1. The monoisotopic (exact) mass is 429 g/mol. The van der Waals surface area contributed by atoms with Crippen molar-refractivity contribution < 1.29 is 14.3 Å². The first-order valence-electron chi connectivity index (χ1n) is 8.83. The van der Waals surface area contributed by atoms with Gasteiger partial charge in [-0.2, -0.15) is 15.2 Å². The Labute approximate surface area is 177 Å². The van der Waals surface area contributed by atoms with Crippen molar-refractivity contribution in [3.8, 4) is 17.4 Å². The van der Waals surface area contributed by atoms with Crippen molar-refractivity contribution in [1.29, 1.82) is 0 Å². The molecule has 2 amide bonds. The predicted octanol–water partition coefficient (Wildman–Crippen LogP) is 3.80. The van der Waals surface area contributed by atoms with E-state index >= 15 is 0 Å². The number of halogens is 1. The lowest BCUT2D eigenvalue weighted by Gasteiger charge is -2.16. The second-order valence-electron chi connectivity index (χ2n) is 5.98. The average Bonchev–Trinajstić information content (AvgIpc) is 3.27. The Hall–Kier alpha value is -3.66. The SMILES string of the molecule is C/C=C(/C)c1c(NC(=O)Nc2cc(Cl)c(-n3nccn3)nc2OC)cncc1OC. The molecule has 0 aromatic carbocycles. The highest BCUT2D eigenvalue weighted by Gasteiger charge is 2.18. The van der Waals surface area contributed by atoms with Crippen LogP contribution in [0.15, 0.2) is 36.9 Å². The Morgan fingerprint density at radius 1 is 1.13 bits per heavy atom. The molecule has 0 aliphatic rings. The predicted molar refractivity (Wildman–Crippen MR) is 113 cm³/mol. The molecule has 0 spiro atoms. The number of nitrogens with one attached hydrogen (secondary N) is 2. The first-order valence-corrected chi connectivity index (χ1v) is 9.20. The van der Waals surface area contributed by atoms with E-state index in [0.717, 1.165) is 11.1 Å². The van der Waals surface area contributed by atoms with Crippen LogP contribution in [0, 0.1) is 0 Å². The summed E-state index contributed by atoms with van der Waals surface area (Å²) in [6.07, 6.45) is 8.03. The molecule has 0 fully saturated rings. The number of rotatable bonds is 6. The summed E-state index contributed by atoms with van der Waals surface area (Å²) >= 11 is 6.29. The maximum atomic E-state index is 12.7. The van der Waals surface area contributed by atoms with E-state index in [9.17, 15) is 4.79 Å². The maximum absolute atomic E-state index is 12.7. The Balaban J connectivity index is 1.88. The number of pyridine rings is 2. The van der Waals surface area contributed by atoms with E-state index in [-0.39, 0.29) is 22.4 Å². The first kappa shape index (κ1) is 21.1. The second kappa shape index (κ2) is 9.23. The minimum Gasteiger partial charge on any atom is -0.494 e. The van der Waals surface area contributed by atoms with Crippen molar-refractivity contribution in [2.75, 3.05) is 24.9 Å². The van der Waals surface area contributed by atoms with Gasteiger partial charge in [0.05, 0.1) is 49.7 Å². The molecular formula is C19H20ClN7O3. The molecule has 0 radical (unpaired) electrons. The molecule has 0 bridgehead atoms. The number of anilines is 2. The Bertz CT molecular complexity index is 1080. The van der Waals surface area contributed by atoms with Crippen molar-refractivity contribution >= 4 is 34.6 Å². The van der Waals surface area contributed by atoms with Crippen LogP contribution >= 0.6 is 11.6 Å². The number of aromatic nitrogens is 5. The minimum absolute atomic E-state index is 0.149. The fourth-order valence-electron chi connectivity index (χ4n) is 2.69. The smallest absolute Gasteiger partial charge is 0.323 e. The van der Waals surface area contributed by atoms with Gasteiger partial charge in [-0.25, -0.2) is 4.79 Å². The van der Waals surface area contributed by atoms with Crippen molar-refractivity contribution in [3.63, 3.8) is 0 Å². The number of carbonyl (C=O) groups excluding carboxylic acids is 1. The van der Waals surface area contributed by atoms with Crippen LogP contribution in [-0.4, -0.2) is 45.2 Å². The van der Waals surface area contributed by atoms with Gasteiger partial charge in [0, 0.05) is 5.56 Å². The number of ether oxygens (including phenoxy) is 2. The van der Waals surface area contributed by atoms with Crippen molar-refractivity contribution in [2.45, 2.75) is 13.8 Å². The van der Waals surface area contributed by atoms with Gasteiger partial charge in [-0.05, 0) is 25.5 Å².